The predicted molar refractivity (Wildman–Crippen MR) is 141 cm³/mol. The van der Waals surface area contributed by atoms with Gasteiger partial charge in [0.2, 0.25) is 0 Å². The Balaban J connectivity index is 0.00000961. The van der Waals surface area contributed by atoms with Crippen molar-refractivity contribution in [3.8, 4) is 0 Å². The molecule has 0 radical (unpaired) electrons. The van der Waals surface area contributed by atoms with Crippen molar-refractivity contribution >= 4 is 0 Å². The van der Waals surface area contributed by atoms with Gasteiger partial charge in [0.05, 0.1) is 19.6 Å². The van der Waals surface area contributed by atoms with Gasteiger partial charge in [0, 0.05) is 12.0 Å². The zero-order chi connectivity index (χ0) is 22.6. The van der Waals surface area contributed by atoms with Crippen LogP contribution in [-0.4, -0.2) is 24.1 Å². The van der Waals surface area contributed by atoms with E-state index in [9.17, 15) is 0 Å². The van der Waals surface area contributed by atoms with Gasteiger partial charge in [-0.2, -0.15) is 0 Å². The summed E-state index contributed by atoms with van der Waals surface area (Å²) in [5.74, 6) is 0. The molecule has 188 valence electrons. The van der Waals surface area contributed by atoms with Crippen molar-refractivity contribution < 1.29 is 21.5 Å². The van der Waals surface area contributed by atoms with Crippen LogP contribution >= 0.6 is 0 Å². The molecule has 1 nitrogen and oxygen atoms in total. The van der Waals surface area contributed by atoms with E-state index in [1.54, 1.807) is 5.56 Å². The predicted octanol–water partition coefficient (Wildman–Crippen LogP) is 6.87. The first-order chi connectivity index (χ1) is 15.2. The van der Waals surface area contributed by atoms with Crippen molar-refractivity contribution in [3.63, 3.8) is 0 Å². The first-order valence-corrected chi connectivity index (χ1v) is 14.1. The van der Waals surface area contributed by atoms with Crippen LogP contribution in [-0.2, 0) is 0 Å². The lowest BCUT2D eigenvalue weighted by molar-refractivity contribution is -0.957. The molecule has 0 aliphatic heterocycles. The fourth-order valence-corrected chi connectivity index (χ4v) is 5.75. The van der Waals surface area contributed by atoms with Crippen molar-refractivity contribution in [1.29, 1.82) is 0 Å². The summed E-state index contributed by atoms with van der Waals surface area (Å²) in [6, 6.07) is 12.0. The maximum atomic E-state index is 2.40. The van der Waals surface area contributed by atoms with E-state index in [0.29, 0.717) is 6.04 Å². The van der Waals surface area contributed by atoms with Gasteiger partial charge in [-0.15, -0.1) is 0 Å². The molecule has 1 aromatic carbocycles. The number of hydrogen-bond donors (Lipinski definition) is 0. The third kappa shape index (κ3) is 12.8. The lowest BCUT2D eigenvalue weighted by atomic mass is 9.97. The average Bonchev–Trinajstić information content (AvgIpc) is 2.78. The summed E-state index contributed by atoms with van der Waals surface area (Å²) < 4.78 is 1.31. The van der Waals surface area contributed by atoms with Crippen molar-refractivity contribution in [2.75, 3.05) is 19.6 Å². The molecule has 0 fully saturated rings. The number of quaternary nitrogens is 1. The molecule has 0 heterocycles. The van der Waals surface area contributed by atoms with Crippen LogP contribution in [0.2, 0.25) is 0 Å². The van der Waals surface area contributed by atoms with Crippen LogP contribution in [0.4, 0.5) is 0 Å². The minimum atomic E-state index is 0. The number of nitrogens with zero attached hydrogens (tertiary/aromatic N) is 1. The van der Waals surface area contributed by atoms with Gasteiger partial charge >= 0.3 is 0 Å². The van der Waals surface area contributed by atoms with Crippen LogP contribution in [0.3, 0.4) is 0 Å². The number of benzene rings is 1. The molecule has 1 atom stereocenters. The fourth-order valence-electron chi connectivity index (χ4n) is 5.75. The third-order valence-electron chi connectivity index (χ3n) is 7.28. The summed E-state index contributed by atoms with van der Waals surface area (Å²) in [5.41, 5.74) is 1.56. The maximum Gasteiger partial charge on any atom is 0.114 e. The molecule has 1 aromatic rings. The minimum absolute atomic E-state index is 0. The first kappa shape index (κ1) is 31.7. The van der Waals surface area contributed by atoms with Crippen molar-refractivity contribution in [1.82, 2.24) is 0 Å². The highest BCUT2D eigenvalue weighted by molar-refractivity contribution is 5.17. The average molecular weight is 511 g/mol. The second-order valence-electron chi connectivity index (χ2n) is 9.97. The second-order valence-corrected chi connectivity index (χ2v) is 9.97. The molecule has 0 saturated heterocycles. The van der Waals surface area contributed by atoms with Crippen molar-refractivity contribution in [3.05, 3.63) is 35.9 Å². The van der Waals surface area contributed by atoms with Gasteiger partial charge in [-0.05, 0) is 25.7 Å². The van der Waals surface area contributed by atoms with Gasteiger partial charge in [0.25, 0.3) is 0 Å². The lowest BCUT2D eigenvalue weighted by Crippen LogP contribution is -3.00. The van der Waals surface area contributed by atoms with Gasteiger partial charge < -0.3 is 21.5 Å². The SMILES string of the molecule is CCCCCCCCCCCCCCC[N+](CCC)(CCC)C(CC)c1ccccc1.[Br-]. The molecule has 0 aliphatic carbocycles. The van der Waals surface area contributed by atoms with Crippen LogP contribution < -0.4 is 17.0 Å². The molecular formula is C30H56BrN. The minimum Gasteiger partial charge on any atom is -1.00 e. The molecule has 1 unspecified atom stereocenters. The van der Waals surface area contributed by atoms with E-state index in [0.717, 1.165) is 0 Å². The number of rotatable bonds is 21. The van der Waals surface area contributed by atoms with Gasteiger partial charge in [0.15, 0.2) is 0 Å². The van der Waals surface area contributed by atoms with Gasteiger partial charge in [-0.3, -0.25) is 0 Å². The largest absolute Gasteiger partial charge is 1.00 e. The first-order valence-electron chi connectivity index (χ1n) is 14.1. The molecular weight excluding hydrogens is 454 g/mol. The van der Waals surface area contributed by atoms with Crippen LogP contribution in [0.5, 0.6) is 0 Å². The topological polar surface area (TPSA) is 0 Å². The lowest BCUT2D eigenvalue weighted by Gasteiger charge is -2.45. The highest BCUT2D eigenvalue weighted by Gasteiger charge is 2.34. The van der Waals surface area contributed by atoms with E-state index in [-0.39, 0.29) is 17.0 Å². The molecule has 0 saturated carbocycles. The number of hydrogen-bond acceptors (Lipinski definition) is 0. The number of unbranched alkanes of at least 4 members (excludes halogenated alkanes) is 12. The van der Waals surface area contributed by atoms with Gasteiger partial charge in [0.1, 0.15) is 6.04 Å². The summed E-state index contributed by atoms with van der Waals surface area (Å²) in [6.45, 7) is 13.5. The van der Waals surface area contributed by atoms with Crippen LogP contribution in [0.15, 0.2) is 30.3 Å². The zero-order valence-corrected chi connectivity index (χ0v) is 23.8. The standard InChI is InChI=1S/C30H56N.BrH/c1-5-9-10-11-12-13-14-15-16-17-18-19-23-28-31(26-6-2,27-7-3)30(8-4)29-24-21-20-22-25-29;/h20-22,24-25,30H,5-19,23,26-28H2,1-4H3;1H/q+1;/p-1. The monoisotopic (exact) mass is 509 g/mol. The van der Waals surface area contributed by atoms with Crippen molar-refractivity contribution in [2.45, 2.75) is 136 Å². The second kappa shape index (κ2) is 21.2. The Morgan fingerprint density at radius 2 is 0.969 bits per heavy atom. The Kier molecular flexibility index (Phi) is 21.0. The smallest absolute Gasteiger partial charge is 0.114 e. The summed E-state index contributed by atoms with van der Waals surface area (Å²) in [5, 5.41) is 0. The molecule has 0 bridgehead atoms. The van der Waals surface area contributed by atoms with E-state index in [4.69, 9.17) is 0 Å². The van der Waals surface area contributed by atoms with E-state index in [1.807, 2.05) is 0 Å². The molecule has 1 rings (SSSR count). The van der Waals surface area contributed by atoms with Crippen LogP contribution in [0, 0.1) is 0 Å². The van der Waals surface area contributed by atoms with Crippen molar-refractivity contribution in [2.24, 2.45) is 0 Å². The zero-order valence-electron chi connectivity index (χ0n) is 22.2. The van der Waals surface area contributed by atoms with E-state index in [2.05, 4.69) is 58.0 Å². The molecule has 32 heavy (non-hydrogen) atoms. The Labute approximate surface area is 213 Å². The Morgan fingerprint density at radius 1 is 0.531 bits per heavy atom. The molecule has 0 aromatic heterocycles. The van der Waals surface area contributed by atoms with E-state index in [1.165, 1.54) is 127 Å². The molecule has 0 spiro atoms. The van der Waals surface area contributed by atoms with Gasteiger partial charge in [-0.1, -0.05) is 129 Å². The Morgan fingerprint density at radius 3 is 1.38 bits per heavy atom. The van der Waals surface area contributed by atoms with Gasteiger partial charge in [-0.25, -0.2) is 0 Å². The summed E-state index contributed by atoms with van der Waals surface area (Å²) >= 11 is 0. The summed E-state index contributed by atoms with van der Waals surface area (Å²) in [4.78, 5) is 0. The molecule has 2 heteroatoms. The van der Waals surface area contributed by atoms with E-state index >= 15 is 0 Å². The molecule has 0 aliphatic rings. The molecule has 0 N–H and O–H groups in total. The fraction of sp³-hybridized carbons (Fsp3) is 0.800. The quantitative estimate of drug-likeness (QED) is 0.125. The van der Waals surface area contributed by atoms with Crippen LogP contribution in [0.25, 0.3) is 0 Å². The highest BCUT2D eigenvalue weighted by Crippen LogP contribution is 2.33. The Hall–Kier alpha value is -0.340. The maximum absolute atomic E-state index is 2.40. The normalized spacial score (nSPS) is 12.5. The van der Waals surface area contributed by atoms with Crippen LogP contribution in [0.1, 0.15) is 142 Å². The van der Waals surface area contributed by atoms with E-state index < -0.39 is 0 Å². The highest BCUT2D eigenvalue weighted by atomic mass is 79.9. The summed E-state index contributed by atoms with van der Waals surface area (Å²) in [6.07, 6.45) is 22.6. The number of halogens is 1. The Bertz CT molecular complexity index is 495. The summed E-state index contributed by atoms with van der Waals surface area (Å²) in [7, 11) is 0. The third-order valence-corrected chi connectivity index (χ3v) is 7.28. The molecule has 0 amide bonds.